The molecule has 0 amide bonds. The van der Waals surface area contributed by atoms with E-state index in [2.05, 4.69) is 78.7 Å². The summed E-state index contributed by atoms with van der Waals surface area (Å²) in [6.45, 7) is 0.994. The molecule has 0 N–H and O–H groups in total. The maximum atomic E-state index is 2.47. The first kappa shape index (κ1) is 14.1. The van der Waals surface area contributed by atoms with Crippen molar-refractivity contribution >= 4 is 6.08 Å². The fourth-order valence-corrected chi connectivity index (χ4v) is 3.23. The van der Waals surface area contributed by atoms with Crippen LogP contribution in [0.15, 0.2) is 60.7 Å². The van der Waals surface area contributed by atoms with Crippen molar-refractivity contribution < 1.29 is 0 Å². The summed E-state index contributed by atoms with van der Waals surface area (Å²) in [4.78, 5) is 2.47. The number of fused-ring (bicyclic) bond motifs is 1. The Labute approximate surface area is 127 Å². The number of hydrogen-bond donors (Lipinski definition) is 0. The number of aryl methyl sites for hydroxylation is 1. The Hall–Kier alpha value is -1.86. The van der Waals surface area contributed by atoms with E-state index in [-0.39, 0.29) is 0 Å². The lowest BCUT2D eigenvalue weighted by Gasteiger charge is -2.32. The molecule has 0 unspecified atom stereocenters. The van der Waals surface area contributed by atoms with Crippen molar-refractivity contribution in [3.05, 3.63) is 77.4 Å². The van der Waals surface area contributed by atoms with Crippen molar-refractivity contribution in [1.82, 2.24) is 4.90 Å². The summed E-state index contributed by atoms with van der Waals surface area (Å²) in [5, 5.41) is 0. The van der Waals surface area contributed by atoms with Gasteiger partial charge in [0.15, 0.2) is 0 Å². The fraction of sp³-hybridized carbons (Fsp3) is 0.300. The second-order valence-corrected chi connectivity index (χ2v) is 5.86. The first-order valence-corrected chi connectivity index (χ1v) is 7.84. The highest BCUT2D eigenvalue weighted by Crippen LogP contribution is 2.33. The minimum Gasteiger partial charge on any atom is -0.296 e. The Morgan fingerprint density at radius 1 is 1.05 bits per heavy atom. The third-order valence-corrected chi connectivity index (χ3v) is 4.37. The van der Waals surface area contributed by atoms with Crippen molar-refractivity contribution in [2.75, 3.05) is 13.6 Å². The molecule has 2 aromatic carbocycles. The molecule has 108 valence electrons. The van der Waals surface area contributed by atoms with Crippen LogP contribution >= 0.6 is 0 Å². The number of nitrogens with zero attached hydrogens (tertiary/aromatic N) is 1. The van der Waals surface area contributed by atoms with E-state index in [9.17, 15) is 0 Å². The van der Waals surface area contributed by atoms with Crippen LogP contribution in [0.1, 0.15) is 35.6 Å². The molecule has 0 saturated heterocycles. The highest BCUT2D eigenvalue weighted by Gasteiger charge is 2.22. The topological polar surface area (TPSA) is 3.24 Å². The van der Waals surface area contributed by atoms with Gasteiger partial charge in [0.1, 0.15) is 0 Å². The Morgan fingerprint density at radius 2 is 1.81 bits per heavy atom. The maximum Gasteiger partial charge on any atom is 0.0351 e. The van der Waals surface area contributed by atoms with Gasteiger partial charge in [-0.3, -0.25) is 4.90 Å². The average molecular weight is 277 g/mol. The summed E-state index contributed by atoms with van der Waals surface area (Å²) in [5.41, 5.74) is 4.34. The van der Waals surface area contributed by atoms with E-state index < -0.39 is 0 Å². The van der Waals surface area contributed by atoms with Crippen LogP contribution < -0.4 is 0 Å². The molecule has 0 spiro atoms. The van der Waals surface area contributed by atoms with E-state index in [0.29, 0.717) is 6.04 Å². The van der Waals surface area contributed by atoms with Gasteiger partial charge in [0, 0.05) is 12.6 Å². The SMILES string of the molecule is CN(C/C=C/c1ccccc1)[C@@H]1CCCc2ccccc21. The molecule has 1 heteroatoms. The molecular weight excluding hydrogens is 254 g/mol. The summed E-state index contributed by atoms with van der Waals surface area (Å²) in [6.07, 6.45) is 8.29. The Kier molecular flexibility index (Phi) is 4.52. The highest BCUT2D eigenvalue weighted by atomic mass is 15.1. The van der Waals surface area contributed by atoms with Crippen molar-refractivity contribution in [3.8, 4) is 0 Å². The molecule has 0 fully saturated rings. The summed E-state index contributed by atoms with van der Waals surface area (Å²) in [6, 6.07) is 20.0. The molecule has 1 nitrogen and oxygen atoms in total. The standard InChI is InChI=1S/C20H23N/c1-21(16-8-11-17-9-3-2-4-10-17)20-15-7-13-18-12-5-6-14-19(18)20/h2-6,8-12,14,20H,7,13,15-16H2,1H3/b11-8+/t20-/m1/s1. The first-order valence-electron chi connectivity index (χ1n) is 7.84. The van der Waals surface area contributed by atoms with Gasteiger partial charge in [-0.2, -0.15) is 0 Å². The smallest absolute Gasteiger partial charge is 0.0351 e. The fourth-order valence-electron chi connectivity index (χ4n) is 3.23. The van der Waals surface area contributed by atoms with Gasteiger partial charge in [-0.05, 0) is 43.0 Å². The third-order valence-electron chi connectivity index (χ3n) is 4.37. The van der Waals surface area contributed by atoms with Crippen molar-refractivity contribution in [3.63, 3.8) is 0 Å². The van der Waals surface area contributed by atoms with E-state index in [1.807, 2.05) is 0 Å². The zero-order valence-corrected chi connectivity index (χ0v) is 12.7. The molecule has 1 aliphatic carbocycles. The second-order valence-electron chi connectivity index (χ2n) is 5.86. The minimum atomic E-state index is 0.565. The lowest BCUT2D eigenvalue weighted by Crippen LogP contribution is -2.27. The van der Waals surface area contributed by atoms with Gasteiger partial charge in [-0.25, -0.2) is 0 Å². The monoisotopic (exact) mass is 277 g/mol. The van der Waals surface area contributed by atoms with Crippen LogP contribution in [0.3, 0.4) is 0 Å². The average Bonchev–Trinajstić information content (AvgIpc) is 2.55. The molecule has 0 aliphatic heterocycles. The van der Waals surface area contributed by atoms with Gasteiger partial charge in [0.25, 0.3) is 0 Å². The van der Waals surface area contributed by atoms with E-state index >= 15 is 0 Å². The van der Waals surface area contributed by atoms with E-state index in [0.717, 1.165) is 6.54 Å². The highest BCUT2D eigenvalue weighted by molar-refractivity contribution is 5.48. The summed E-state index contributed by atoms with van der Waals surface area (Å²) < 4.78 is 0. The Balaban J connectivity index is 1.66. The second kappa shape index (κ2) is 6.73. The largest absolute Gasteiger partial charge is 0.296 e. The normalized spacial score (nSPS) is 18.1. The zero-order valence-electron chi connectivity index (χ0n) is 12.7. The molecule has 0 aromatic heterocycles. The molecule has 1 aliphatic rings. The number of likely N-dealkylation sites (N-methyl/N-ethyl adjacent to an activating group) is 1. The number of rotatable bonds is 4. The number of benzene rings is 2. The molecule has 21 heavy (non-hydrogen) atoms. The van der Waals surface area contributed by atoms with Gasteiger partial charge >= 0.3 is 0 Å². The predicted molar refractivity (Wildman–Crippen MR) is 90.2 cm³/mol. The quantitative estimate of drug-likeness (QED) is 0.782. The summed E-state index contributed by atoms with van der Waals surface area (Å²) in [5.74, 6) is 0. The summed E-state index contributed by atoms with van der Waals surface area (Å²) >= 11 is 0. The van der Waals surface area contributed by atoms with Gasteiger partial charge in [0.05, 0.1) is 0 Å². The minimum absolute atomic E-state index is 0.565. The molecule has 0 heterocycles. The van der Waals surface area contributed by atoms with Crippen molar-refractivity contribution in [2.24, 2.45) is 0 Å². The zero-order chi connectivity index (χ0) is 14.5. The molecular formula is C20H23N. The summed E-state index contributed by atoms with van der Waals surface area (Å²) in [7, 11) is 2.24. The van der Waals surface area contributed by atoms with Crippen molar-refractivity contribution in [2.45, 2.75) is 25.3 Å². The van der Waals surface area contributed by atoms with Crippen LogP contribution in [0.5, 0.6) is 0 Å². The van der Waals surface area contributed by atoms with Crippen LogP contribution in [0.4, 0.5) is 0 Å². The van der Waals surface area contributed by atoms with Gasteiger partial charge in [-0.15, -0.1) is 0 Å². The lowest BCUT2D eigenvalue weighted by molar-refractivity contribution is 0.244. The molecule has 0 radical (unpaired) electrons. The third kappa shape index (κ3) is 3.43. The van der Waals surface area contributed by atoms with Gasteiger partial charge in [-0.1, -0.05) is 66.7 Å². The van der Waals surface area contributed by atoms with Crippen LogP contribution in [-0.4, -0.2) is 18.5 Å². The van der Waals surface area contributed by atoms with E-state index in [4.69, 9.17) is 0 Å². The van der Waals surface area contributed by atoms with E-state index in [1.165, 1.54) is 36.0 Å². The first-order chi connectivity index (χ1) is 10.3. The van der Waals surface area contributed by atoms with E-state index in [1.54, 1.807) is 0 Å². The van der Waals surface area contributed by atoms with Crippen molar-refractivity contribution in [1.29, 1.82) is 0 Å². The molecule has 2 aromatic rings. The predicted octanol–water partition coefficient (Wildman–Crippen LogP) is 4.71. The molecule has 0 saturated carbocycles. The Morgan fingerprint density at radius 3 is 2.67 bits per heavy atom. The molecule has 1 atom stereocenters. The van der Waals surface area contributed by atoms with Crippen LogP contribution in [0, 0.1) is 0 Å². The van der Waals surface area contributed by atoms with Crippen LogP contribution in [-0.2, 0) is 6.42 Å². The van der Waals surface area contributed by atoms with Crippen LogP contribution in [0.2, 0.25) is 0 Å². The van der Waals surface area contributed by atoms with Gasteiger partial charge < -0.3 is 0 Å². The molecule has 3 rings (SSSR count). The van der Waals surface area contributed by atoms with Gasteiger partial charge in [0.2, 0.25) is 0 Å². The van der Waals surface area contributed by atoms with Crippen LogP contribution in [0.25, 0.3) is 6.08 Å². The maximum absolute atomic E-state index is 2.47. The Bertz CT molecular complexity index is 600. The lowest BCUT2D eigenvalue weighted by atomic mass is 9.87. The number of hydrogen-bond acceptors (Lipinski definition) is 1. The molecule has 0 bridgehead atoms.